The number of nitrogens with zero attached hydrogens (tertiary/aromatic N) is 3. The molecular weight excluding hydrogens is 258 g/mol. The second-order valence-corrected chi connectivity index (χ2v) is 5.18. The molecule has 20 heavy (non-hydrogen) atoms. The molecule has 1 aliphatic heterocycles. The van der Waals surface area contributed by atoms with E-state index >= 15 is 0 Å². The molecule has 0 saturated carbocycles. The SMILES string of the molecule is CCCc1ncncc1C(=O)N1CC[C@H](CO)[C@@H](O)C1. The van der Waals surface area contributed by atoms with E-state index < -0.39 is 6.10 Å². The van der Waals surface area contributed by atoms with Crippen molar-refractivity contribution in [1.82, 2.24) is 14.9 Å². The van der Waals surface area contributed by atoms with Crippen LogP contribution in [0.15, 0.2) is 12.5 Å². The van der Waals surface area contributed by atoms with Crippen LogP contribution in [0.3, 0.4) is 0 Å². The molecule has 2 N–H and O–H groups in total. The molecule has 2 atom stereocenters. The van der Waals surface area contributed by atoms with Crippen molar-refractivity contribution in [3.8, 4) is 0 Å². The van der Waals surface area contributed by atoms with Crippen molar-refractivity contribution in [1.29, 1.82) is 0 Å². The smallest absolute Gasteiger partial charge is 0.257 e. The molecular formula is C14H21N3O3. The van der Waals surface area contributed by atoms with E-state index in [9.17, 15) is 9.90 Å². The molecule has 1 amide bonds. The van der Waals surface area contributed by atoms with E-state index in [1.54, 1.807) is 11.1 Å². The van der Waals surface area contributed by atoms with Gasteiger partial charge < -0.3 is 15.1 Å². The number of carbonyl (C=O) groups is 1. The van der Waals surface area contributed by atoms with E-state index in [1.807, 2.05) is 6.92 Å². The largest absolute Gasteiger partial charge is 0.396 e. The minimum atomic E-state index is -0.669. The van der Waals surface area contributed by atoms with Crippen LogP contribution in [0, 0.1) is 5.92 Å². The average Bonchev–Trinajstić information content (AvgIpc) is 2.47. The summed E-state index contributed by atoms with van der Waals surface area (Å²) in [6, 6.07) is 0. The van der Waals surface area contributed by atoms with Gasteiger partial charge in [-0.05, 0) is 12.8 Å². The Kier molecular flexibility index (Phi) is 5.03. The summed E-state index contributed by atoms with van der Waals surface area (Å²) in [6.45, 7) is 2.79. The van der Waals surface area contributed by atoms with E-state index in [-0.39, 0.29) is 25.0 Å². The third-order valence-corrected chi connectivity index (χ3v) is 3.76. The molecule has 0 spiro atoms. The standard InChI is InChI=1S/C14H21N3O3/c1-2-3-12-11(6-15-9-16-12)14(20)17-5-4-10(8-18)13(19)7-17/h6,9-10,13,18-19H,2-5,7-8H2,1H3/t10-,13+/m1/s1. The Balaban J connectivity index is 2.12. The summed E-state index contributed by atoms with van der Waals surface area (Å²) in [6.07, 6.45) is 4.59. The summed E-state index contributed by atoms with van der Waals surface area (Å²) >= 11 is 0. The van der Waals surface area contributed by atoms with E-state index in [0.717, 1.165) is 18.5 Å². The van der Waals surface area contributed by atoms with Gasteiger partial charge in [-0.1, -0.05) is 13.3 Å². The number of β-amino-alcohol motifs (C(OH)–C–C–N with tert-alkyl or cyclic N) is 1. The van der Waals surface area contributed by atoms with Crippen LogP contribution in [-0.2, 0) is 6.42 Å². The monoisotopic (exact) mass is 279 g/mol. The Bertz CT molecular complexity index is 467. The third-order valence-electron chi connectivity index (χ3n) is 3.76. The first-order valence-corrected chi connectivity index (χ1v) is 7.04. The maximum absolute atomic E-state index is 12.5. The second-order valence-electron chi connectivity index (χ2n) is 5.18. The summed E-state index contributed by atoms with van der Waals surface area (Å²) in [5.74, 6) is -0.273. The van der Waals surface area contributed by atoms with E-state index in [2.05, 4.69) is 9.97 Å². The molecule has 2 rings (SSSR count). The van der Waals surface area contributed by atoms with Gasteiger partial charge in [0.1, 0.15) is 6.33 Å². The number of aromatic nitrogens is 2. The normalized spacial score (nSPS) is 22.9. The predicted molar refractivity (Wildman–Crippen MR) is 73.1 cm³/mol. The van der Waals surface area contributed by atoms with Gasteiger partial charge in [-0.25, -0.2) is 9.97 Å². The summed E-state index contributed by atoms with van der Waals surface area (Å²) in [7, 11) is 0. The molecule has 2 heterocycles. The van der Waals surface area contributed by atoms with Crippen LogP contribution in [0.25, 0.3) is 0 Å². The van der Waals surface area contributed by atoms with Crippen molar-refractivity contribution >= 4 is 5.91 Å². The first kappa shape index (κ1) is 14.9. The van der Waals surface area contributed by atoms with Gasteiger partial charge in [-0.15, -0.1) is 0 Å². The maximum atomic E-state index is 12.5. The Morgan fingerprint density at radius 1 is 1.55 bits per heavy atom. The summed E-state index contributed by atoms with van der Waals surface area (Å²) in [5.41, 5.74) is 1.27. The van der Waals surface area contributed by atoms with E-state index in [4.69, 9.17) is 5.11 Å². The predicted octanol–water partition coefficient (Wildman–Crippen LogP) is 0.244. The van der Waals surface area contributed by atoms with Gasteiger partial charge in [0.25, 0.3) is 5.91 Å². The van der Waals surface area contributed by atoms with Crippen LogP contribution in [0.1, 0.15) is 35.8 Å². The number of piperidine rings is 1. The van der Waals surface area contributed by atoms with Crippen LogP contribution in [0.2, 0.25) is 0 Å². The summed E-state index contributed by atoms with van der Waals surface area (Å²) < 4.78 is 0. The Morgan fingerprint density at radius 3 is 3.00 bits per heavy atom. The first-order valence-electron chi connectivity index (χ1n) is 7.04. The van der Waals surface area contributed by atoms with Gasteiger partial charge in [0, 0.05) is 31.8 Å². The molecule has 6 nitrogen and oxygen atoms in total. The molecule has 0 radical (unpaired) electrons. The lowest BCUT2D eigenvalue weighted by atomic mass is 9.94. The lowest BCUT2D eigenvalue weighted by Crippen LogP contribution is -2.47. The molecule has 0 aromatic carbocycles. The molecule has 0 aliphatic carbocycles. The van der Waals surface area contributed by atoms with Gasteiger partial charge in [0.15, 0.2) is 0 Å². The van der Waals surface area contributed by atoms with Crippen molar-refractivity contribution < 1.29 is 15.0 Å². The lowest BCUT2D eigenvalue weighted by Gasteiger charge is -2.35. The van der Waals surface area contributed by atoms with Gasteiger partial charge in [-0.2, -0.15) is 0 Å². The molecule has 1 aliphatic rings. The maximum Gasteiger partial charge on any atom is 0.257 e. The Hall–Kier alpha value is -1.53. The lowest BCUT2D eigenvalue weighted by molar-refractivity contribution is 0.000792. The Labute approximate surface area is 118 Å². The van der Waals surface area contributed by atoms with Gasteiger partial charge in [-0.3, -0.25) is 4.79 Å². The molecule has 1 aromatic rings. The number of rotatable bonds is 4. The van der Waals surface area contributed by atoms with Crippen molar-refractivity contribution in [2.45, 2.75) is 32.3 Å². The number of amides is 1. The van der Waals surface area contributed by atoms with Crippen molar-refractivity contribution in [3.05, 3.63) is 23.8 Å². The zero-order chi connectivity index (χ0) is 14.5. The molecule has 0 unspecified atom stereocenters. The van der Waals surface area contributed by atoms with Gasteiger partial charge >= 0.3 is 0 Å². The Morgan fingerprint density at radius 2 is 2.35 bits per heavy atom. The molecule has 1 fully saturated rings. The van der Waals surface area contributed by atoms with Gasteiger partial charge in [0.2, 0.25) is 0 Å². The van der Waals surface area contributed by atoms with Crippen molar-refractivity contribution in [2.75, 3.05) is 19.7 Å². The minimum absolute atomic E-state index is 0.0429. The van der Waals surface area contributed by atoms with Crippen LogP contribution in [0.5, 0.6) is 0 Å². The van der Waals surface area contributed by atoms with Crippen LogP contribution >= 0.6 is 0 Å². The minimum Gasteiger partial charge on any atom is -0.396 e. The average molecular weight is 279 g/mol. The number of carbonyl (C=O) groups excluding carboxylic acids is 1. The summed E-state index contributed by atoms with van der Waals surface area (Å²) in [5, 5.41) is 19.1. The number of hydrogen-bond acceptors (Lipinski definition) is 5. The number of hydrogen-bond donors (Lipinski definition) is 2. The second kappa shape index (κ2) is 6.76. The van der Waals surface area contributed by atoms with Gasteiger partial charge in [0.05, 0.1) is 17.4 Å². The van der Waals surface area contributed by atoms with Crippen molar-refractivity contribution in [3.63, 3.8) is 0 Å². The van der Waals surface area contributed by atoms with Crippen LogP contribution in [-0.4, -0.2) is 56.8 Å². The van der Waals surface area contributed by atoms with E-state index in [0.29, 0.717) is 18.5 Å². The molecule has 0 bridgehead atoms. The molecule has 1 saturated heterocycles. The zero-order valence-electron chi connectivity index (χ0n) is 11.7. The van der Waals surface area contributed by atoms with E-state index in [1.165, 1.54) is 6.33 Å². The molecule has 6 heteroatoms. The quantitative estimate of drug-likeness (QED) is 0.824. The number of likely N-dealkylation sites (tertiary alicyclic amines) is 1. The fourth-order valence-electron chi connectivity index (χ4n) is 2.52. The topological polar surface area (TPSA) is 86.6 Å². The number of aliphatic hydroxyl groups is 2. The number of aliphatic hydroxyl groups excluding tert-OH is 2. The fraction of sp³-hybridized carbons (Fsp3) is 0.643. The number of aryl methyl sites for hydroxylation is 1. The third kappa shape index (κ3) is 3.13. The van der Waals surface area contributed by atoms with Crippen LogP contribution < -0.4 is 0 Å². The zero-order valence-corrected chi connectivity index (χ0v) is 11.7. The highest BCUT2D eigenvalue weighted by Gasteiger charge is 2.31. The van der Waals surface area contributed by atoms with Crippen molar-refractivity contribution in [2.24, 2.45) is 5.92 Å². The first-order chi connectivity index (χ1) is 9.67. The highest BCUT2D eigenvalue weighted by Crippen LogP contribution is 2.20. The fourth-order valence-corrected chi connectivity index (χ4v) is 2.52. The highest BCUT2D eigenvalue weighted by molar-refractivity contribution is 5.95. The van der Waals surface area contributed by atoms with Crippen LogP contribution in [0.4, 0.5) is 0 Å². The molecule has 1 aromatic heterocycles. The summed E-state index contributed by atoms with van der Waals surface area (Å²) in [4.78, 5) is 22.2. The highest BCUT2D eigenvalue weighted by atomic mass is 16.3. The molecule has 110 valence electrons.